The van der Waals surface area contributed by atoms with Crippen LogP contribution in [-0.4, -0.2) is 5.11 Å². The lowest BCUT2D eigenvalue weighted by atomic mass is 9.84. The van der Waals surface area contributed by atoms with Crippen LogP contribution in [0.5, 0.6) is 0 Å². The minimum Gasteiger partial charge on any atom is -0.381 e. The number of benzene rings is 1. The summed E-state index contributed by atoms with van der Waals surface area (Å²) in [6.45, 7) is 10.0. The molecule has 1 N–H and O–H groups in total. The van der Waals surface area contributed by atoms with Gasteiger partial charge < -0.3 is 5.11 Å². The zero-order valence-electron chi connectivity index (χ0n) is 11.4. The van der Waals surface area contributed by atoms with E-state index >= 15 is 0 Å². The molecule has 0 aliphatic heterocycles. The Hall–Kier alpha value is -1.34. The van der Waals surface area contributed by atoms with Crippen LogP contribution in [0.3, 0.4) is 0 Å². The normalized spacial score (nSPS) is 13.8. The van der Waals surface area contributed by atoms with Crippen LogP contribution in [0.1, 0.15) is 40.2 Å². The maximum atomic E-state index is 10.8. The van der Waals surface area contributed by atoms with Crippen LogP contribution >= 0.6 is 0 Å². The van der Waals surface area contributed by atoms with E-state index in [1.165, 1.54) is 5.57 Å². The van der Waals surface area contributed by atoms with Crippen LogP contribution in [0.4, 0.5) is 0 Å². The van der Waals surface area contributed by atoms with E-state index in [-0.39, 0.29) is 0 Å². The molecule has 17 heavy (non-hydrogen) atoms. The maximum Gasteiger partial charge on any atom is 0.112 e. The molecule has 0 saturated carbocycles. The van der Waals surface area contributed by atoms with Gasteiger partial charge in [0.1, 0.15) is 5.60 Å². The topological polar surface area (TPSA) is 20.2 Å². The Morgan fingerprint density at radius 3 is 2.00 bits per heavy atom. The van der Waals surface area contributed by atoms with Gasteiger partial charge in [0.15, 0.2) is 0 Å². The van der Waals surface area contributed by atoms with Crippen LogP contribution < -0.4 is 0 Å². The molecular formula is C16H22O. The van der Waals surface area contributed by atoms with Gasteiger partial charge in [0.25, 0.3) is 0 Å². The minimum absolute atomic E-state index is 0.925. The van der Waals surface area contributed by atoms with Gasteiger partial charge in [0.05, 0.1) is 0 Å². The van der Waals surface area contributed by atoms with E-state index in [4.69, 9.17) is 0 Å². The zero-order chi connectivity index (χ0) is 13.1. The number of aliphatic hydroxyl groups is 1. The summed E-state index contributed by atoms with van der Waals surface area (Å²) in [6.07, 6.45) is 2.06. The highest BCUT2D eigenvalue weighted by Gasteiger charge is 2.27. The van der Waals surface area contributed by atoms with Crippen molar-refractivity contribution in [3.8, 4) is 0 Å². The van der Waals surface area contributed by atoms with Crippen LogP contribution in [0.25, 0.3) is 0 Å². The van der Waals surface area contributed by atoms with E-state index in [1.807, 2.05) is 65.0 Å². The molecular weight excluding hydrogens is 208 g/mol. The second-order valence-electron chi connectivity index (χ2n) is 5.07. The molecule has 0 amide bonds. The van der Waals surface area contributed by atoms with E-state index in [0.717, 1.165) is 16.7 Å². The predicted octanol–water partition coefficient (Wildman–Crippen LogP) is 4.20. The maximum absolute atomic E-state index is 10.8. The summed E-state index contributed by atoms with van der Waals surface area (Å²) < 4.78 is 0. The molecule has 0 aromatic heterocycles. The molecule has 1 rings (SSSR count). The van der Waals surface area contributed by atoms with Gasteiger partial charge in [-0.3, -0.25) is 0 Å². The third-order valence-corrected chi connectivity index (χ3v) is 2.83. The number of hydrogen-bond acceptors (Lipinski definition) is 1. The number of allylic oxidation sites excluding steroid dienone is 2. The van der Waals surface area contributed by atoms with Gasteiger partial charge in [0.2, 0.25) is 0 Å². The zero-order valence-corrected chi connectivity index (χ0v) is 11.4. The summed E-state index contributed by atoms with van der Waals surface area (Å²) in [5, 5.41) is 10.8. The Kier molecular flexibility index (Phi) is 4.30. The molecule has 0 bridgehead atoms. The predicted molar refractivity (Wildman–Crippen MR) is 73.8 cm³/mol. The molecule has 1 aromatic rings. The third kappa shape index (κ3) is 3.31. The molecule has 1 atom stereocenters. The van der Waals surface area contributed by atoms with Crippen molar-refractivity contribution in [3.05, 3.63) is 58.7 Å². The molecule has 0 aliphatic rings. The Bertz CT molecular complexity index is 428. The van der Waals surface area contributed by atoms with Crippen LogP contribution in [0.2, 0.25) is 0 Å². The van der Waals surface area contributed by atoms with Crippen molar-refractivity contribution < 1.29 is 5.11 Å². The molecule has 0 saturated heterocycles. The van der Waals surface area contributed by atoms with Gasteiger partial charge >= 0.3 is 0 Å². The van der Waals surface area contributed by atoms with Gasteiger partial charge in [-0.1, -0.05) is 47.6 Å². The molecule has 1 nitrogen and oxygen atoms in total. The summed E-state index contributed by atoms with van der Waals surface area (Å²) in [5.41, 5.74) is 3.30. The Labute approximate surface area is 104 Å². The Morgan fingerprint density at radius 1 is 1.06 bits per heavy atom. The summed E-state index contributed by atoms with van der Waals surface area (Å²) in [7, 11) is 0. The SMILES string of the molecule is CC(C)=CC(=C(C)C)C(C)(O)c1ccccc1. The van der Waals surface area contributed by atoms with E-state index in [2.05, 4.69) is 6.08 Å². The lowest BCUT2D eigenvalue weighted by Crippen LogP contribution is -2.24. The second kappa shape index (κ2) is 5.33. The number of rotatable bonds is 3. The number of hydrogen-bond donors (Lipinski definition) is 1. The first-order chi connectivity index (χ1) is 7.85. The van der Waals surface area contributed by atoms with Crippen molar-refractivity contribution in [2.75, 3.05) is 0 Å². The summed E-state index contributed by atoms with van der Waals surface area (Å²) in [5.74, 6) is 0. The lowest BCUT2D eigenvalue weighted by molar-refractivity contribution is 0.100. The molecule has 0 fully saturated rings. The van der Waals surface area contributed by atoms with Gasteiger partial charge in [-0.2, -0.15) is 0 Å². The van der Waals surface area contributed by atoms with Gasteiger partial charge in [0, 0.05) is 0 Å². The smallest absolute Gasteiger partial charge is 0.112 e. The molecule has 0 radical (unpaired) electrons. The molecule has 1 unspecified atom stereocenters. The first-order valence-corrected chi connectivity index (χ1v) is 5.96. The molecule has 0 heterocycles. The monoisotopic (exact) mass is 230 g/mol. The van der Waals surface area contributed by atoms with Crippen molar-refractivity contribution in [3.63, 3.8) is 0 Å². The molecule has 92 valence electrons. The summed E-state index contributed by atoms with van der Waals surface area (Å²) in [4.78, 5) is 0. The summed E-state index contributed by atoms with van der Waals surface area (Å²) >= 11 is 0. The van der Waals surface area contributed by atoms with Gasteiger partial charge in [-0.15, -0.1) is 0 Å². The fourth-order valence-electron chi connectivity index (χ4n) is 1.98. The van der Waals surface area contributed by atoms with E-state index in [1.54, 1.807) is 0 Å². The van der Waals surface area contributed by atoms with Crippen molar-refractivity contribution in [1.29, 1.82) is 0 Å². The van der Waals surface area contributed by atoms with Crippen LogP contribution in [-0.2, 0) is 5.60 Å². The molecule has 1 heteroatoms. The molecule has 0 spiro atoms. The first-order valence-electron chi connectivity index (χ1n) is 5.96. The van der Waals surface area contributed by atoms with Crippen molar-refractivity contribution >= 4 is 0 Å². The van der Waals surface area contributed by atoms with Crippen molar-refractivity contribution in [1.82, 2.24) is 0 Å². The van der Waals surface area contributed by atoms with Gasteiger partial charge in [-0.05, 0) is 45.8 Å². The highest BCUT2D eigenvalue weighted by molar-refractivity contribution is 5.40. The Balaban J connectivity index is 3.29. The molecule has 0 aliphatic carbocycles. The highest BCUT2D eigenvalue weighted by atomic mass is 16.3. The van der Waals surface area contributed by atoms with E-state index in [0.29, 0.717) is 0 Å². The second-order valence-corrected chi connectivity index (χ2v) is 5.07. The first kappa shape index (κ1) is 13.7. The van der Waals surface area contributed by atoms with Crippen molar-refractivity contribution in [2.24, 2.45) is 0 Å². The molecule has 1 aromatic carbocycles. The average molecular weight is 230 g/mol. The fourth-order valence-corrected chi connectivity index (χ4v) is 1.98. The van der Waals surface area contributed by atoms with Gasteiger partial charge in [-0.25, -0.2) is 0 Å². The quantitative estimate of drug-likeness (QED) is 0.772. The fraction of sp³-hybridized carbons (Fsp3) is 0.375. The summed E-state index contributed by atoms with van der Waals surface area (Å²) in [6, 6.07) is 9.79. The standard InChI is InChI=1S/C16H22O/c1-12(2)11-15(13(3)4)16(5,17)14-9-7-6-8-10-14/h6-11,17H,1-5H3. The Morgan fingerprint density at radius 2 is 1.59 bits per heavy atom. The average Bonchev–Trinajstić information content (AvgIpc) is 2.26. The highest BCUT2D eigenvalue weighted by Crippen LogP contribution is 2.32. The van der Waals surface area contributed by atoms with E-state index in [9.17, 15) is 5.11 Å². The largest absolute Gasteiger partial charge is 0.381 e. The van der Waals surface area contributed by atoms with Crippen LogP contribution in [0.15, 0.2) is 53.1 Å². The minimum atomic E-state index is -0.933. The third-order valence-electron chi connectivity index (χ3n) is 2.83. The van der Waals surface area contributed by atoms with E-state index < -0.39 is 5.60 Å². The lowest BCUT2D eigenvalue weighted by Gasteiger charge is -2.27. The van der Waals surface area contributed by atoms with Crippen LogP contribution in [0, 0.1) is 0 Å². The van der Waals surface area contributed by atoms with Crippen molar-refractivity contribution in [2.45, 2.75) is 40.2 Å².